The van der Waals surface area contributed by atoms with Gasteiger partial charge in [-0.3, -0.25) is 9.59 Å². The van der Waals surface area contributed by atoms with E-state index in [4.69, 9.17) is 14.6 Å². The molecule has 1 aromatic rings. The summed E-state index contributed by atoms with van der Waals surface area (Å²) in [4.78, 5) is 25.6. The molecule has 1 N–H and O–H groups in total. The van der Waals surface area contributed by atoms with Crippen LogP contribution in [0.5, 0.6) is 0 Å². The lowest BCUT2D eigenvalue weighted by atomic mass is 9.76. The summed E-state index contributed by atoms with van der Waals surface area (Å²) < 4.78 is 5.76. The molecule has 2 atom stereocenters. The van der Waals surface area contributed by atoms with Gasteiger partial charge in [0.25, 0.3) is 12.4 Å². The Hall–Kier alpha value is -1.92. The topological polar surface area (TPSA) is 70.1 Å². The molecule has 27 heavy (non-hydrogen) atoms. The van der Waals surface area contributed by atoms with Crippen molar-refractivity contribution in [1.29, 1.82) is 0 Å². The van der Waals surface area contributed by atoms with Crippen molar-refractivity contribution >= 4 is 12.4 Å². The molecule has 1 saturated carbocycles. The molecule has 150 valence electrons. The summed E-state index contributed by atoms with van der Waals surface area (Å²) in [5.41, 5.74) is 2.19. The molecule has 6 heteroatoms. The van der Waals surface area contributed by atoms with E-state index < -0.39 is 0 Å². The first kappa shape index (κ1) is 21.4. The molecular weight excluding hydrogens is 344 g/mol. The van der Waals surface area contributed by atoms with Crippen LogP contribution in [-0.4, -0.2) is 67.7 Å². The molecule has 2 fully saturated rings. The van der Waals surface area contributed by atoms with Gasteiger partial charge in [-0.25, -0.2) is 0 Å². The van der Waals surface area contributed by atoms with Crippen molar-refractivity contribution in [3.05, 3.63) is 35.4 Å². The summed E-state index contributed by atoms with van der Waals surface area (Å²) in [6, 6.07) is 8.09. The van der Waals surface area contributed by atoms with Crippen LogP contribution in [0.2, 0.25) is 0 Å². The highest BCUT2D eigenvalue weighted by Gasteiger charge is 2.46. The van der Waals surface area contributed by atoms with E-state index in [0.29, 0.717) is 6.10 Å². The highest BCUT2D eigenvalue weighted by Crippen LogP contribution is 2.46. The van der Waals surface area contributed by atoms with E-state index in [-0.39, 0.29) is 17.8 Å². The highest BCUT2D eigenvalue weighted by atomic mass is 16.5. The second kappa shape index (κ2) is 9.85. The number of hydrogen-bond acceptors (Lipinski definition) is 4. The minimum absolute atomic E-state index is 0.177. The summed E-state index contributed by atoms with van der Waals surface area (Å²) in [5.74, 6) is 0.177. The average Bonchev–Trinajstić information content (AvgIpc) is 3.03. The van der Waals surface area contributed by atoms with Crippen molar-refractivity contribution in [2.75, 3.05) is 34.3 Å². The number of benzene rings is 1. The second-order valence-electron chi connectivity index (χ2n) is 7.85. The predicted octanol–water partition coefficient (Wildman–Crippen LogP) is 2.87. The maximum absolute atomic E-state index is 13.0. The lowest BCUT2D eigenvalue weighted by molar-refractivity contribution is -0.122. The Morgan fingerprint density at radius 2 is 2.07 bits per heavy atom. The van der Waals surface area contributed by atoms with Gasteiger partial charge >= 0.3 is 0 Å². The fourth-order valence-corrected chi connectivity index (χ4v) is 4.63. The molecule has 0 radical (unpaired) electrons. The van der Waals surface area contributed by atoms with Crippen molar-refractivity contribution in [3.8, 4) is 0 Å². The van der Waals surface area contributed by atoms with Gasteiger partial charge < -0.3 is 19.6 Å². The van der Waals surface area contributed by atoms with Crippen LogP contribution in [0.25, 0.3) is 0 Å². The Kier molecular flexibility index (Phi) is 7.80. The van der Waals surface area contributed by atoms with E-state index in [1.165, 1.54) is 24.8 Å². The Morgan fingerprint density at radius 3 is 2.74 bits per heavy atom. The van der Waals surface area contributed by atoms with E-state index in [9.17, 15) is 4.79 Å². The van der Waals surface area contributed by atoms with Crippen LogP contribution in [0.3, 0.4) is 0 Å². The average molecular weight is 376 g/mol. The Bertz CT molecular complexity index is 634. The molecule has 2 aliphatic rings. The third-order valence-corrected chi connectivity index (χ3v) is 5.68. The molecule has 0 unspecified atom stereocenters. The van der Waals surface area contributed by atoms with Gasteiger partial charge in [0.15, 0.2) is 0 Å². The number of carboxylic acid groups (broad SMARTS) is 1. The van der Waals surface area contributed by atoms with Crippen LogP contribution < -0.4 is 0 Å². The third kappa shape index (κ3) is 5.30. The van der Waals surface area contributed by atoms with Crippen LogP contribution in [0.15, 0.2) is 24.3 Å². The predicted molar refractivity (Wildman–Crippen MR) is 105 cm³/mol. The van der Waals surface area contributed by atoms with Crippen molar-refractivity contribution in [3.63, 3.8) is 0 Å². The summed E-state index contributed by atoms with van der Waals surface area (Å²) in [5, 5.41) is 6.89. The molecule has 1 aliphatic carbocycles. The van der Waals surface area contributed by atoms with Crippen LogP contribution in [0.1, 0.15) is 48.0 Å². The van der Waals surface area contributed by atoms with Crippen LogP contribution in [0, 0.1) is 5.41 Å². The van der Waals surface area contributed by atoms with Crippen molar-refractivity contribution in [2.45, 2.75) is 44.8 Å². The molecule has 1 saturated heterocycles. The lowest BCUT2D eigenvalue weighted by Gasteiger charge is -2.43. The molecule has 0 aromatic heterocycles. The minimum Gasteiger partial charge on any atom is -0.483 e. The maximum atomic E-state index is 13.0. The van der Waals surface area contributed by atoms with Gasteiger partial charge in [0.2, 0.25) is 0 Å². The first-order valence-corrected chi connectivity index (χ1v) is 9.59. The Balaban J connectivity index is 0.000000817. The largest absolute Gasteiger partial charge is 0.483 e. The molecule has 1 aromatic carbocycles. The van der Waals surface area contributed by atoms with Crippen LogP contribution >= 0.6 is 0 Å². The van der Waals surface area contributed by atoms with Crippen molar-refractivity contribution < 1.29 is 19.4 Å². The fourth-order valence-electron chi connectivity index (χ4n) is 4.63. The normalized spacial score (nSPS) is 24.6. The van der Waals surface area contributed by atoms with Gasteiger partial charge in [-0.05, 0) is 57.5 Å². The number of rotatable bonds is 4. The van der Waals surface area contributed by atoms with E-state index in [1.807, 2.05) is 39.4 Å². The molecule has 1 spiro atoms. The molecular formula is C21H32N2O4. The number of likely N-dealkylation sites (tertiary alicyclic amines) is 1. The van der Waals surface area contributed by atoms with Crippen molar-refractivity contribution in [1.82, 2.24) is 9.80 Å². The number of piperidine rings is 1. The van der Waals surface area contributed by atoms with Gasteiger partial charge in [0.05, 0.1) is 6.10 Å². The quantitative estimate of drug-likeness (QED) is 0.819. The van der Waals surface area contributed by atoms with E-state index in [2.05, 4.69) is 15.9 Å². The Labute approximate surface area is 162 Å². The Morgan fingerprint density at radius 1 is 1.37 bits per heavy atom. The van der Waals surface area contributed by atoms with Gasteiger partial charge in [0.1, 0.15) is 0 Å². The van der Waals surface area contributed by atoms with Gasteiger partial charge in [-0.15, -0.1) is 0 Å². The number of methoxy groups -OCH3 is 1. The molecule has 6 nitrogen and oxygen atoms in total. The molecule has 1 aliphatic heterocycles. The van der Waals surface area contributed by atoms with Crippen molar-refractivity contribution in [2.24, 2.45) is 5.41 Å². The molecule has 0 bridgehead atoms. The SMILES string of the molecule is CO[C@@H]1CCC[C@]12CCCN(C(=O)c1cccc(CN(C)C)c1)C2.O=CO. The minimum atomic E-state index is -0.250. The summed E-state index contributed by atoms with van der Waals surface area (Å²) >= 11 is 0. The van der Waals surface area contributed by atoms with Crippen LogP contribution in [-0.2, 0) is 16.1 Å². The third-order valence-electron chi connectivity index (χ3n) is 5.68. The number of carbonyl (C=O) groups is 2. The van der Waals surface area contributed by atoms with Crippen LogP contribution in [0.4, 0.5) is 0 Å². The molecule has 1 amide bonds. The van der Waals surface area contributed by atoms with Gasteiger partial charge in [-0.1, -0.05) is 18.6 Å². The standard InChI is InChI=1S/C20H30N2O2.CH2O2/c1-21(2)14-16-7-4-8-17(13-16)19(23)22-12-6-11-20(15-22)10-5-9-18(20)24-3;2-1-3/h4,7-8,13,18H,5-6,9-12,14-15H2,1-3H3;1H,(H,2,3)/t18-,20-;/m1./s1. The molecule has 1 heterocycles. The number of amides is 1. The zero-order valence-electron chi connectivity index (χ0n) is 16.7. The zero-order valence-corrected chi connectivity index (χ0v) is 16.7. The second-order valence-corrected chi connectivity index (χ2v) is 7.85. The number of ether oxygens (including phenoxy) is 1. The van der Waals surface area contributed by atoms with E-state index in [1.54, 1.807) is 0 Å². The first-order chi connectivity index (χ1) is 13.0. The van der Waals surface area contributed by atoms with E-state index in [0.717, 1.165) is 38.0 Å². The highest BCUT2D eigenvalue weighted by molar-refractivity contribution is 5.94. The smallest absolute Gasteiger partial charge is 0.290 e. The molecule has 3 rings (SSSR count). The zero-order chi connectivity index (χ0) is 19.9. The number of hydrogen-bond donors (Lipinski definition) is 1. The monoisotopic (exact) mass is 376 g/mol. The summed E-state index contributed by atoms with van der Waals surface area (Å²) in [6.45, 7) is 2.33. The summed E-state index contributed by atoms with van der Waals surface area (Å²) in [7, 11) is 5.92. The number of nitrogens with zero attached hydrogens (tertiary/aromatic N) is 2. The lowest BCUT2D eigenvalue weighted by Crippen LogP contribution is -2.49. The summed E-state index contributed by atoms with van der Waals surface area (Å²) in [6.07, 6.45) is 6.14. The van der Waals surface area contributed by atoms with Gasteiger partial charge in [0, 0.05) is 37.7 Å². The van der Waals surface area contributed by atoms with Gasteiger partial charge in [-0.2, -0.15) is 0 Å². The fraction of sp³-hybridized carbons (Fsp3) is 0.619. The maximum Gasteiger partial charge on any atom is 0.290 e. The van der Waals surface area contributed by atoms with E-state index >= 15 is 0 Å². The first-order valence-electron chi connectivity index (χ1n) is 9.59. The number of carbonyl (C=O) groups excluding carboxylic acids is 1.